The van der Waals surface area contributed by atoms with Crippen LogP contribution in [0.4, 0.5) is 0 Å². The molecule has 2 heteroatoms. The molecular weight excluding hydrogens is 246 g/mol. The number of hydrogen-bond donors (Lipinski definition) is 0. The van der Waals surface area contributed by atoms with Gasteiger partial charge in [-0.2, -0.15) is 0 Å². The summed E-state index contributed by atoms with van der Waals surface area (Å²) in [4.78, 5) is 4.02. The minimum absolute atomic E-state index is 0.911. The van der Waals surface area contributed by atoms with Crippen LogP contribution >= 0.6 is 0 Å². The first-order valence-electron chi connectivity index (χ1n) is 6.52. The third-order valence-corrected chi connectivity index (χ3v) is 3.28. The van der Waals surface area contributed by atoms with E-state index >= 15 is 0 Å². The number of aromatic nitrogens is 1. The summed E-state index contributed by atoms with van der Waals surface area (Å²) in [6.45, 7) is 0. The Labute approximate surface area is 118 Å². The van der Waals surface area contributed by atoms with Crippen molar-refractivity contribution in [3.05, 3.63) is 72.1 Å². The van der Waals surface area contributed by atoms with Crippen LogP contribution in [0.3, 0.4) is 0 Å². The second kappa shape index (κ2) is 5.57. The highest BCUT2D eigenvalue weighted by molar-refractivity contribution is 5.92. The van der Waals surface area contributed by atoms with Crippen LogP contribution in [0.2, 0.25) is 0 Å². The van der Waals surface area contributed by atoms with E-state index in [2.05, 4.69) is 41.4 Å². The van der Waals surface area contributed by atoms with Crippen LogP contribution in [0, 0.1) is 0 Å². The molecule has 0 bridgehead atoms. The lowest BCUT2D eigenvalue weighted by molar-refractivity contribution is 0.419. The summed E-state index contributed by atoms with van der Waals surface area (Å²) in [6.07, 6.45) is 7.71. The molecular formula is C18H15NO. The molecule has 0 amide bonds. The molecule has 3 rings (SSSR count). The van der Waals surface area contributed by atoms with Crippen molar-refractivity contribution in [1.29, 1.82) is 0 Å². The van der Waals surface area contributed by atoms with Crippen LogP contribution in [0.5, 0.6) is 5.75 Å². The summed E-state index contributed by atoms with van der Waals surface area (Å²) in [5, 5.41) is 2.32. The first-order valence-corrected chi connectivity index (χ1v) is 6.52. The van der Waals surface area contributed by atoms with Gasteiger partial charge >= 0.3 is 0 Å². The molecule has 2 nitrogen and oxygen atoms in total. The quantitative estimate of drug-likeness (QED) is 0.696. The first-order chi connectivity index (χ1) is 9.88. The molecule has 0 atom stereocenters. The fourth-order valence-electron chi connectivity index (χ4n) is 2.28. The van der Waals surface area contributed by atoms with E-state index in [1.807, 2.05) is 24.3 Å². The maximum atomic E-state index is 5.58. The van der Waals surface area contributed by atoms with Crippen LogP contribution in [0.1, 0.15) is 11.1 Å². The van der Waals surface area contributed by atoms with E-state index in [1.54, 1.807) is 19.5 Å². The minimum atomic E-state index is 0.911. The molecule has 1 aromatic heterocycles. The normalized spacial score (nSPS) is 11.1. The molecule has 98 valence electrons. The molecule has 3 aromatic rings. The standard InChI is InChI=1S/C18H15NO/c1-20-18-16(7-6-14-10-12-19-13-11-14)9-8-15-4-2-3-5-17(15)18/h2-13H,1H3. The smallest absolute Gasteiger partial charge is 0.133 e. The Balaban J connectivity index is 2.05. The van der Waals surface area contributed by atoms with Crippen LogP contribution in [-0.4, -0.2) is 12.1 Å². The lowest BCUT2D eigenvalue weighted by Gasteiger charge is -2.09. The Kier molecular flexibility index (Phi) is 3.46. The van der Waals surface area contributed by atoms with Gasteiger partial charge in [-0.1, -0.05) is 48.6 Å². The van der Waals surface area contributed by atoms with E-state index < -0.39 is 0 Å². The topological polar surface area (TPSA) is 22.1 Å². The number of fused-ring (bicyclic) bond motifs is 1. The SMILES string of the molecule is COc1c(C=Cc2ccncc2)ccc2ccccc12. The maximum absolute atomic E-state index is 5.58. The van der Waals surface area contributed by atoms with Gasteiger partial charge in [0.05, 0.1) is 7.11 Å². The zero-order chi connectivity index (χ0) is 13.8. The summed E-state index contributed by atoms with van der Waals surface area (Å²) in [5.41, 5.74) is 2.19. The van der Waals surface area contributed by atoms with Crippen molar-refractivity contribution in [2.45, 2.75) is 0 Å². The molecule has 1 heterocycles. The molecule has 0 radical (unpaired) electrons. The molecule has 0 fully saturated rings. The number of hydrogen-bond acceptors (Lipinski definition) is 2. The minimum Gasteiger partial charge on any atom is -0.495 e. The molecule has 0 aliphatic carbocycles. The van der Waals surface area contributed by atoms with Crippen LogP contribution in [0.15, 0.2) is 60.9 Å². The van der Waals surface area contributed by atoms with E-state index in [9.17, 15) is 0 Å². The highest BCUT2D eigenvalue weighted by atomic mass is 16.5. The lowest BCUT2D eigenvalue weighted by atomic mass is 10.0. The van der Waals surface area contributed by atoms with Gasteiger partial charge in [-0.05, 0) is 23.1 Å². The Morgan fingerprint density at radius 3 is 2.50 bits per heavy atom. The monoisotopic (exact) mass is 261 g/mol. The average Bonchev–Trinajstić information content (AvgIpc) is 2.53. The van der Waals surface area contributed by atoms with Gasteiger partial charge in [0.15, 0.2) is 0 Å². The van der Waals surface area contributed by atoms with Crippen molar-refractivity contribution in [3.8, 4) is 5.75 Å². The number of rotatable bonds is 3. The summed E-state index contributed by atoms with van der Waals surface area (Å²) in [5.74, 6) is 0.911. The van der Waals surface area contributed by atoms with Crippen molar-refractivity contribution in [3.63, 3.8) is 0 Å². The largest absolute Gasteiger partial charge is 0.495 e. The van der Waals surface area contributed by atoms with Gasteiger partial charge in [0, 0.05) is 23.3 Å². The fourth-order valence-corrected chi connectivity index (χ4v) is 2.28. The van der Waals surface area contributed by atoms with Gasteiger partial charge in [-0.3, -0.25) is 4.98 Å². The Morgan fingerprint density at radius 1 is 0.900 bits per heavy atom. The Hall–Kier alpha value is -2.61. The van der Waals surface area contributed by atoms with Gasteiger partial charge in [0.1, 0.15) is 5.75 Å². The molecule has 0 aliphatic rings. The van der Waals surface area contributed by atoms with Crippen molar-refractivity contribution >= 4 is 22.9 Å². The van der Waals surface area contributed by atoms with Gasteiger partial charge in [0.25, 0.3) is 0 Å². The highest BCUT2D eigenvalue weighted by Crippen LogP contribution is 2.30. The molecule has 0 aliphatic heterocycles. The maximum Gasteiger partial charge on any atom is 0.133 e. The van der Waals surface area contributed by atoms with Crippen molar-refractivity contribution < 1.29 is 4.74 Å². The van der Waals surface area contributed by atoms with E-state index in [0.29, 0.717) is 0 Å². The summed E-state index contributed by atoms with van der Waals surface area (Å²) >= 11 is 0. The Morgan fingerprint density at radius 2 is 1.70 bits per heavy atom. The van der Waals surface area contributed by atoms with Gasteiger partial charge < -0.3 is 4.74 Å². The number of nitrogens with zero attached hydrogens (tertiary/aromatic N) is 1. The highest BCUT2D eigenvalue weighted by Gasteiger charge is 2.05. The predicted octanol–water partition coefficient (Wildman–Crippen LogP) is 4.41. The molecule has 0 spiro atoms. The average molecular weight is 261 g/mol. The van der Waals surface area contributed by atoms with Crippen molar-refractivity contribution in [2.75, 3.05) is 7.11 Å². The molecule has 0 N–H and O–H groups in total. The molecule has 20 heavy (non-hydrogen) atoms. The first kappa shape index (κ1) is 12.4. The molecule has 0 saturated carbocycles. The molecule has 0 unspecified atom stereocenters. The molecule has 2 aromatic carbocycles. The number of ether oxygens (including phenoxy) is 1. The van der Waals surface area contributed by atoms with Gasteiger partial charge in [0.2, 0.25) is 0 Å². The summed E-state index contributed by atoms with van der Waals surface area (Å²) in [6, 6.07) is 16.4. The van der Waals surface area contributed by atoms with E-state index in [0.717, 1.165) is 22.3 Å². The second-order valence-corrected chi connectivity index (χ2v) is 4.52. The number of pyridine rings is 1. The fraction of sp³-hybridized carbons (Fsp3) is 0.0556. The van der Waals surface area contributed by atoms with Crippen LogP contribution in [-0.2, 0) is 0 Å². The third-order valence-electron chi connectivity index (χ3n) is 3.28. The van der Waals surface area contributed by atoms with Gasteiger partial charge in [-0.25, -0.2) is 0 Å². The van der Waals surface area contributed by atoms with Crippen molar-refractivity contribution in [1.82, 2.24) is 4.98 Å². The zero-order valence-electron chi connectivity index (χ0n) is 11.3. The van der Waals surface area contributed by atoms with E-state index in [-0.39, 0.29) is 0 Å². The van der Waals surface area contributed by atoms with E-state index in [1.165, 1.54) is 5.39 Å². The zero-order valence-corrected chi connectivity index (χ0v) is 11.3. The summed E-state index contributed by atoms with van der Waals surface area (Å²) in [7, 11) is 1.71. The predicted molar refractivity (Wildman–Crippen MR) is 83.7 cm³/mol. The number of benzene rings is 2. The van der Waals surface area contributed by atoms with Gasteiger partial charge in [-0.15, -0.1) is 0 Å². The van der Waals surface area contributed by atoms with Crippen LogP contribution < -0.4 is 4.74 Å². The van der Waals surface area contributed by atoms with E-state index in [4.69, 9.17) is 4.74 Å². The second-order valence-electron chi connectivity index (χ2n) is 4.52. The number of methoxy groups -OCH3 is 1. The lowest BCUT2D eigenvalue weighted by Crippen LogP contribution is -1.88. The third kappa shape index (κ3) is 2.41. The summed E-state index contributed by atoms with van der Waals surface area (Å²) < 4.78 is 5.58. The van der Waals surface area contributed by atoms with Crippen LogP contribution in [0.25, 0.3) is 22.9 Å². The van der Waals surface area contributed by atoms with Crippen molar-refractivity contribution in [2.24, 2.45) is 0 Å². The Bertz CT molecular complexity index is 748. The molecule has 0 saturated heterocycles.